The fourth-order valence-electron chi connectivity index (χ4n) is 1.30. The lowest BCUT2D eigenvalue weighted by molar-refractivity contribution is 0.405. The number of hydrogen-bond acceptors (Lipinski definition) is 4. The molecule has 15 heavy (non-hydrogen) atoms. The normalized spacial score (nSPS) is 9.60. The molecule has 0 amide bonds. The molecule has 0 unspecified atom stereocenters. The Morgan fingerprint density at radius 1 is 1.40 bits per heavy atom. The van der Waals surface area contributed by atoms with Gasteiger partial charge < -0.3 is 9.26 Å². The average molecular weight is 200 g/mol. The predicted molar refractivity (Wildman–Crippen MR) is 53.2 cm³/mol. The van der Waals surface area contributed by atoms with Crippen LogP contribution in [0.2, 0.25) is 0 Å². The van der Waals surface area contributed by atoms with Crippen LogP contribution < -0.4 is 4.74 Å². The van der Waals surface area contributed by atoms with E-state index in [0.29, 0.717) is 11.5 Å². The minimum atomic E-state index is 0.260. The average Bonchev–Trinajstić information content (AvgIpc) is 2.77. The molecule has 0 bridgehead atoms. The zero-order valence-electron chi connectivity index (χ0n) is 8.10. The number of aromatic nitrogens is 1. The Kier molecular flexibility index (Phi) is 2.38. The number of rotatable bonds is 2. The maximum absolute atomic E-state index is 8.62. The minimum Gasteiger partial charge on any atom is -0.496 e. The maximum Gasteiger partial charge on any atom is 0.184 e. The van der Waals surface area contributed by atoms with Gasteiger partial charge in [-0.3, -0.25) is 0 Å². The van der Waals surface area contributed by atoms with Crippen LogP contribution in [0.5, 0.6) is 5.75 Å². The fourth-order valence-corrected chi connectivity index (χ4v) is 1.30. The molecule has 1 aromatic carbocycles. The van der Waals surface area contributed by atoms with Gasteiger partial charge in [-0.05, 0) is 12.1 Å². The number of nitrogens with zero attached hydrogens (tertiary/aromatic N) is 2. The Labute approximate surface area is 86.7 Å². The number of methoxy groups -OCH3 is 1. The van der Waals surface area contributed by atoms with Gasteiger partial charge in [0.1, 0.15) is 11.8 Å². The first-order valence-corrected chi connectivity index (χ1v) is 4.35. The van der Waals surface area contributed by atoms with Crippen molar-refractivity contribution >= 4 is 0 Å². The molecular weight excluding hydrogens is 192 g/mol. The highest BCUT2D eigenvalue weighted by atomic mass is 16.5. The molecule has 4 nitrogen and oxygen atoms in total. The zero-order chi connectivity index (χ0) is 10.7. The third-order valence-electron chi connectivity index (χ3n) is 2.00. The molecule has 2 aromatic rings. The molecule has 0 saturated carbocycles. The van der Waals surface area contributed by atoms with Gasteiger partial charge in [-0.2, -0.15) is 5.26 Å². The van der Waals surface area contributed by atoms with E-state index in [0.717, 1.165) is 5.56 Å². The van der Waals surface area contributed by atoms with Crippen molar-refractivity contribution in [2.45, 2.75) is 0 Å². The van der Waals surface area contributed by atoms with Crippen LogP contribution in [0.15, 0.2) is 34.9 Å². The van der Waals surface area contributed by atoms with Gasteiger partial charge in [0.15, 0.2) is 11.5 Å². The van der Waals surface area contributed by atoms with Crippen LogP contribution in [-0.4, -0.2) is 12.3 Å². The standard InChI is InChI=1S/C11H8N2O2/c1-14-10-5-3-2-4-9(10)11-6-8(7-12)13-15-11/h2-6H,1H3. The lowest BCUT2D eigenvalue weighted by Gasteiger charge is -2.03. The van der Waals surface area contributed by atoms with Crippen LogP contribution in [0.4, 0.5) is 0 Å². The molecule has 0 aliphatic carbocycles. The van der Waals surface area contributed by atoms with E-state index in [9.17, 15) is 0 Å². The summed E-state index contributed by atoms with van der Waals surface area (Å²) in [6.07, 6.45) is 0. The van der Waals surface area contributed by atoms with Crippen molar-refractivity contribution in [2.24, 2.45) is 0 Å². The van der Waals surface area contributed by atoms with Crippen LogP contribution in [-0.2, 0) is 0 Å². The number of ether oxygens (including phenoxy) is 1. The Hall–Kier alpha value is -2.28. The summed E-state index contributed by atoms with van der Waals surface area (Å²) < 4.78 is 10.2. The van der Waals surface area contributed by atoms with Crippen LogP contribution in [0, 0.1) is 11.3 Å². The number of benzene rings is 1. The van der Waals surface area contributed by atoms with Crippen molar-refractivity contribution in [3.63, 3.8) is 0 Å². The highest BCUT2D eigenvalue weighted by Crippen LogP contribution is 2.29. The Morgan fingerprint density at radius 3 is 2.87 bits per heavy atom. The molecule has 1 aromatic heterocycles. The number of nitriles is 1. The van der Waals surface area contributed by atoms with Gasteiger partial charge >= 0.3 is 0 Å². The van der Waals surface area contributed by atoms with Crippen molar-refractivity contribution in [3.8, 4) is 23.1 Å². The van der Waals surface area contributed by atoms with Gasteiger partial charge in [0.25, 0.3) is 0 Å². The molecule has 0 spiro atoms. The van der Waals surface area contributed by atoms with E-state index in [1.54, 1.807) is 13.2 Å². The van der Waals surface area contributed by atoms with Gasteiger partial charge in [-0.15, -0.1) is 0 Å². The van der Waals surface area contributed by atoms with Crippen molar-refractivity contribution in [1.82, 2.24) is 5.16 Å². The highest BCUT2D eigenvalue weighted by Gasteiger charge is 2.10. The molecule has 0 aliphatic rings. The zero-order valence-corrected chi connectivity index (χ0v) is 8.10. The van der Waals surface area contributed by atoms with Crippen molar-refractivity contribution in [1.29, 1.82) is 5.26 Å². The van der Waals surface area contributed by atoms with Crippen LogP contribution >= 0.6 is 0 Å². The molecule has 1 heterocycles. The molecule has 0 N–H and O–H groups in total. The van der Waals surface area contributed by atoms with Crippen molar-refractivity contribution in [3.05, 3.63) is 36.0 Å². The lowest BCUT2D eigenvalue weighted by Crippen LogP contribution is -1.85. The first-order valence-electron chi connectivity index (χ1n) is 4.35. The van der Waals surface area contributed by atoms with Crippen LogP contribution in [0.25, 0.3) is 11.3 Å². The molecule has 0 aliphatic heterocycles. The second kappa shape index (κ2) is 3.84. The SMILES string of the molecule is COc1ccccc1-c1cc(C#N)no1. The Morgan fingerprint density at radius 2 is 2.20 bits per heavy atom. The topological polar surface area (TPSA) is 59.0 Å². The lowest BCUT2D eigenvalue weighted by atomic mass is 10.1. The first-order chi connectivity index (χ1) is 7.35. The van der Waals surface area contributed by atoms with E-state index in [1.807, 2.05) is 30.3 Å². The van der Waals surface area contributed by atoms with Gasteiger partial charge in [0.2, 0.25) is 0 Å². The molecule has 0 saturated heterocycles. The van der Waals surface area contributed by atoms with E-state index in [1.165, 1.54) is 0 Å². The van der Waals surface area contributed by atoms with Gasteiger partial charge in [-0.1, -0.05) is 17.3 Å². The second-order valence-electron chi connectivity index (χ2n) is 2.89. The molecule has 2 rings (SSSR count). The summed E-state index contributed by atoms with van der Waals surface area (Å²) in [5.41, 5.74) is 1.05. The molecule has 74 valence electrons. The Balaban J connectivity index is 2.49. The number of hydrogen-bond donors (Lipinski definition) is 0. The first kappa shape index (κ1) is 9.28. The summed E-state index contributed by atoms with van der Waals surface area (Å²) in [7, 11) is 1.58. The van der Waals surface area contributed by atoms with E-state index >= 15 is 0 Å². The summed E-state index contributed by atoms with van der Waals surface area (Å²) in [6.45, 7) is 0. The summed E-state index contributed by atoms with van der Waals surface area (Å²) in [4.78, 5) is 0. The number of para-hydroxylation sites is 1. The quantitative estimate of drug-likeness (QED) is 0.745. The third kappa shape index (κ3) is 1.67. The predicted octanol–water partition coefficient (Wildman–Crippen LogP) is 2.22. The van der Waals surface area contributed by atoms with Gasteiger partial charge in [0.05, 0.1) is 12.7 Å². The van der Waals surface area contributed by atoms with E-state index in [-0.39, 0.29) is 5.69 Å². The third-order valence-corrected chi connectivity index (χ3v) is 2.00. The second-order valence-corrected chi connectivity index (χ2v) is 2.89. The maximum atomic E-state index is 8.62. The highest BCUT2D eigenvalue weighted by molar-refractivity contribution is 5.66. The van der Waals surface area contributed by atoms with E-state index < -0.39 is 0 Å². The van der Waals surface area contributed by atoms with Crippen LogP contribution in [0.3, 0.4) is 0 Å². The smallest absolute Gasteiger partial charge is 0.184 e. The fraction of sp³-hybridized carbons (Fsp3) is 0.0909. The van der Waals surface area contributed by atoms with E-state index in [4.69, 9.17) is 14.5 Å². The molecule has 0 atom stereocenters. The van der Waals surface area contributed by atoms with Crippen molar-refractivity contribution in [2.75, 3.05) is 7.11 Å². The van der Waals surface area contributed by atoms with Gasteiger partial charge in [-0.25, -0.2) is 0 Å². The monoisotopic (exact) mass is 200 g/mol. The summed E-state index contributed by atoms with van der Waals surface area (Å²) in [6, 6.07) is 10.9. The molecular formula is C11H8N2O2. The largest absolute Gasteiger partial charge is 0.496 e. The van der Waals surface area contributed by atoms with Gasteiger partial charge in [0, 0.05) is 6.07 Å². The molecule has 4 heteroatoms. The Bertz CT molecular complexity index is 511. The van der Waals surface area contributed by atoms with Crippen molar-refractivity contribution < 1.29 is 9.26 Å². The molecule has 0 fully saturated rings. The minimum absolute atomic E-state index is 0.260. The summed E-state index contributed by atoms with van der Waals surface area (Å²) in [5.74, 6) is 1.22. The molecule has 0 radical (unpaired) electrons. The summed E-state index contributed by atoms with van der Waals surface area (Å²) >= 11 is 0. The summed E-state index contributed by atoms with van der Waals surface area (Å²) in [5, 5.41) is 12.2. The van der Waals surface area contributed by atoms with E-state index in [2.05, 4.69) is 5.16 Å². The van der Waals surface area contributed by atoms with Crippen LogP contribution in [0.1, 0.15) is 5.69 Å².